The van der Waals surface area contributed by atoms with Crippen molar-refractivity contribution in [1.29, 1.82) is 0 Å². The zero-order chi connectivity index (χ0) is 14.2. The van der Waals surface area contributed by atoms with Gasteiger partial charge < -0.3 is 4.42 Å². The molecule has 7 nitrogen and oxygen atoms in total. The molecule has 0 spiro atoms. The van der Waals surface area contributed by atoms with Crippen LogP contribution in [-0.4, -0.2) is 24.6 Å². The number of aromatic amines is 1. The topological polar surface area (TPSA) is 89.1 Å². The van der Waals surface area contributed by atoms with Gasteiger partial charge >= 0.3 is 0 Å². The van der Waals surface area contributed by atoms with Gasteiger partial charge in [-0.1, -0.05) is 23.9 Å². The number of H-pyrrole nitrogens is 1. The largest absolute Gasteiger partial charge is 0.431 e. The maximum atomic E-state index is 11.8. The summed E-state index contributed by atoms with van der Waals surface area (Å²) in [4.78, 5) is 24.5. The van der Waals surface area contributed by atoms with Crippen LogP contribution in [0.4, 0.5) is 0 Å². The highest BCUT2D eigenvalue weighted by atomic mass is 32.2. The summed E-state index contributed by atoms with van der Waals surface area (Å²) in [5, 5.41) is 3.26. The first-order chi connectivity index (χ1) is 10.3. The molecule has 21 heavy (non-hydrogen) atoms. The number of benzene rings is 1. The summed E-state index contributed by atoms with van der Waals surface area (Å²) in [6, 6.07) is 9.04. The SMILES string of the molecule is O=c1cc(CSc2nc3ccccc3o2)nc2nc[nH]n12. The molecule has 4 rings (SSSR count). The Balaban J connectivity index is 1.61. The highest BCUT2D eigenvalue weighted by Crippen LogP contribution is 2.25. The highest BCUT2D eigenvalue weighted by molar-refractivity contribution is 7.98. The van der Waals surface area contributed by atoms with Gasteiger partial charge in [0.1, 0.15) is 11.8 Å². The van der Waals surface area contributed by atoms with Crippen molar-refractivity contribution in [2.24, 2.45) is 0 Å². The Bertz CT molecular complexity index is 954. The zero-order valence-corrected chi connectivity index (χ0v) is 11.5. The van der Waals surface area contributed by atoms with E-state index in [2.05, 4.69) is 20.1 Å². The Kier molecular flexibility index (Phi) is 2.74. The molecule has 8 heteroatoms. The number of nitrogens with zero attached hydrogens (tertiary/aromatic N) is 4. The Labute approximate surface area is 122 Å². The molecule has 1 aromatic carbocycles. The monoisotopic (exact) mass is 299 g/mol. The number of oxazole rings is 1. The van der Waals surface area contributed by atoms with Crippen LogP contribution >= 0.6 is 11.8 Å². The molecule has 104 valence electrons. The number of para-hydroxylation sites is 2. The van der Waals surface area contributed by atoms with Crippen molar-refractivity contribution >= 4 is 28.6 Å². The van der Waals surface area contributed by atoms with Gasteiger partial charge in [0.15, 0.2) is 5.58 Å². The quantitative estimate of drug-likeness (QED) is 0.581. The van der Waals surface area contributed by atoms with Crippen molar-refractivity contribution in [3.05, 3.63) is 52.7 Å². The lowest BCUT2D eigenvalue weighted by Crippen LogP contribution is -2.15. The van der Waals surface area contributed by atoms with Gasteiger partial charge in [0.05, 0.1) is 5.69 Å². The maximum absolute atomic E-state index is 11.8. The van der Waals surface area contributed by atoms with Crippen LogP contribution in [0.2, 0.25) is 0 Å². The molecule has 3 aromatic heterocycles. The first kappa shape index (κ1) is 12.2. The first-order valence-corrected chi connectivity index (χ1v) is 7.18. The van der Waals surface area contributed by atoms with E-state index in [9.17, 15) is 4.79 Å². The molecule has 0 fully saturated rings. The number of rotatable bonds is 3. The molecular weight excluding hydrogens is 290 g/mol. The van der Waals surface area contributed by atoms with E-state index >= 15 is 0 Å². The number of nitrogens with one attached hydrogen (secondary N) is 1. The highest BCUT2D eigenvalue weighted by Gasteiger charge is 2.08. The second-order valence-electron chi connectivity index (χ2n) is 4.34. The summed E-state index contributed by atoms with van der Waals surface area (Å²) in [6.07, 6.45) is 1.43. The summed E-state index contributed by atoms with van der Waals surface area (Å²) in [5.41, 5.74) is 2.01. The van der Waals surface area contributed by atoms with Crippen molar-refractivity contribution in [2.45, 2.75) is 11.0 Å². The van der Waals surface area contributed by atoms with E-state index in [0.717, 1.165) is 11.1 Å². The fourth-order valence-corrected chi connectivity index (χ4v) is 2.72. The fourth-order valence-electron chi connectivity index (χ4n) is 1.99. The summed E-state index contributed by atoms with van der Waals surface area (Å²) >= 11 is 1.39. The second-order valence-corrected chi connectivity index (χ2v) is 5.27. The van der Waals surface area contributed by atoms with Gasteiger partial charge in [-0.25, -0.2) is 15.0 Å². The minimum absolute atomic E-state index is 0.189. The molecule has 4 aromatic rings. The van der Waals surface area contributed by atoms with Crippen molar-refractivity contribution in [1.82, 2.24) is 24.6 Å². The van der Waals surface area contributed by atoms with Crippen LogP contribution < -0.4 is 5.56 Å². The van der Waals surface area contributed by atoms with E-state index in [1.165, 1.54) is 28.7 Å². The molecule has 0 aliphatic rings. The van der Waals surface area contributed by atoms with E-state index in [1.807, 2.05) is 24.3 Å². The van der Waals surface area contributed by atoms with Crippen LogP contribution in [0.15, 0.2) is 51.1 Å². The maximum Gasteiger partial charge on any atom is 0.274 e. The van der Waals surface area contributed by atoms with Gasteiger partial charge in [-0.15, -0.1) is 0 Å². The number of aromatic nitrogens is 5. The average Bonchev–Trinajstić information content (AvgIpc) is 3.11. The number of thioether (sulfide) groups is 1. The molecular formula is C13H9N5O2S. The van der Waals surface area contributed by atoms with E-state index in [-0.39, 0.29) is 5.56 Å². The third kappa shape index (κ3) is 2.19. The predicted molar refractivity (Wildman–Crippen MR) is 77.2 cm³/mol. The summed E-state index contributed by atoms with van der Waals surface area (Å²) < 4.78 is 6.90. The molecule has 0 aliphatic carbocycles. The fraction of sp³-hybridized carbons (Fsp3) is 0.0769. The van der Waals surface area contributed by atoms with Gasteiger partial charge in [-0.2, -0.15) is 4.52 Å². The minimum Gasteiger partial charge on any atom is -0.431 e. The van der Waals surface area contributed by atoms with Gasteiger partial charge in [0.2, 0.25) is 0 Å². The molecule has 0 saturated heterocycles. The van der Waals surface area contributed by atoms with E-state index < -0.39 is 0 Å². The molecule has 0 aliphatic heterocycles. The Morgan fingerprint density at radius 2 is 2.19 bits per heavy atom. The van der Waals surface area contributed by atoms with Gasteiger partial charge in [0, 0.05) is 11.8 Å². The average molecular weight is 299 g/mol. The molecule has 0 atom stereocenters. The predicted octanol–water partition coefficient (Wildman–Crippen LogP) is 1.85. The van der Waals surface area contributed by atoms with Crippen LogP contribution in [0.1, 0.15) is 5.69 Å². The lowest BCUT2D eigenvalue weighted by atomic mass is 10.3. The van der Waals surface area contributed by atoms with Crippen LogP contribution in [0.25, 0.3) is 16.9 Å². The molecule has 0 unspecified atom stereocenters. The van der Waals surface area contributed by atoms with E-state index in [4.69, 9.17) is 4.42 Å². The van der Waals surface area contributed by atoms with Crippen molar-refractivity contribution < 1.29 is 4.42 Å². The third-order valence-electron chi connectivity index (χ3n) is 2.94. The van der Waals surface area contributed by atoms with Crippen molar-refractivity contribution in [3.8, 4) is 0 Å². The minimum atomic E-state index is -0.189. The molecule has 0 amide bonds. The van der Waals surface area contributed by atoms with Gasteiger partial charge in [0.25, 0.3) is 16.6 Å². The number of fused-ring (bicyclic) bond motifs is 2. The Hall–Kier alpha value is -2.61. The zero-order valence-electron chi connectivity index (χ0n) is 10.7. The Morgan fingerprint density at radius 1 is 1.29 bits per heavy atom. The number of hydrogen-bond donors (Lipinski definition) is 1. The third-order valence-corrected chi connectivity index (χ3v) is 3.80. The van der Waals surface area contributed by atoms with E-state index in [1.54, 1.807) is 0 Å². The molecule has 1 N–H and O–H groups in total. The molecule has 0 saturated carbocycles. The summed E-state index contributed by atoms with van der Waals surface area (Å²) in [7, 11) is 0. The number of hydrogen-bond acceptors (Lipinski definition) is 6. The summed E-state index contributed by atoms with van der Waals surface area (Å²) in [5.74, 6) is 0.849. The smallest absolute Gasteiger partial charge is 0.274 e. The van der Waals surface area contributed by atoms with Crippen LogP contribution in [0.5, 0.6) is 0 Å². The lowest BCUT2D eigenvalue weighted by molar-refractivity contribution is 0.489. The van der Waals surface area contributed by atoms with Gasteiger partial charge in [-0.05, 0) is 12.1 Å². The second kappa shape index (κ2) is 4.74. The molecule has 0 bridgehead atoms. The van der Waals surface area contributed by atoms with Crippen molar-refractivity contribution in [2.75, 3.05) is 0 Å². The first-order valence-electron chi connectivity index (χ1n) is 6.20. The van der Waals surface area contributed by atoms with Crippen LogP contribution in [0.3, 0.4) is 0 Å². The normalized spacial score (nSPS) is 11.4. The standard InChI is InChI=1S/C13H9N5O2S/c19-11-5-8(16-12-14-7-15-18(11)12)6-21-13-17-9-3-1-2-4-10(9)20-13/h1-5,7H,6H2,(H,14,15,16). The van der Waals surface area contributed by atoms with Crippen LogP contribution in [-0.2, 0) is 5.75 Å². The van der Waals surface area contributed by atoms with Crippen molar-refractivity contribution in [3.63, 3.8) is 0 Å². The summed E-state index contributed by atoms with van der Waals surface area (Å²) in [6.45, 7) is 0. The molecule has 0 radical (unpaired) electrons. The Morgan fingerprint density at radius 3 is 3.10 bits per heavy atom. The molecule has 3 heterocycles. The van der Waals surface area contributed by atoms with Crippen LogP contribution in [0, 0.1) is 0 Å². The van der Waals surface area contributed by atoms with E-state index in [0.29, 0.717) is 22.4 Å². The van der Waals surface area contributed by atoms with Gasteiger partial charge in [-0.3, -0.25) is 9.89 Å². The lowest BCUT2D eigenvalue weighted by Gasteiger charge is -1.97.